The van der Waals surface area contributed by atoms with Gasteiger partial charge in [-0.3, -0.25) is 0 Å². The largest absolute Gasteiger partial charge is 0.495 e. The van der Waals surface area contributed by atoms with Crippen LogP contribution >= 0.6 is 0 Å². The maximum Gasteiger partial charge on any atom is 0.322 e. The van der Waals surface area contributed by atoms with Crippen LogP contribution < -0.4 is 15.4 Å². The number of urea groups is 1. The maximum absolute atomic E-state index is 11.9. The van der Waals surface area contributed by atoms with E-state index in [4.69, 9.17) is 4.74 Å². The lowest BCUT2D eigenvalue weighted by Gasteiger charge is -2.35. The SMILES string of the molecule is COc1ccccc1NC(=O)N(C)C1CNC1. The van der Waals surface area contributed by atoms with Gasteiger partial charge in [0, 0.05) is 20.1 Å². The lowest BCUT2D eigenvalue weighted by molar-refractivity contribution is 0.180. The summed E-state index contributed by atoms with van der Waals surface area (Å²) in [4.78, 5) is 13.7. The molecule has 2 N–H and O–H groups in total. The molecule has 1 aromatic rings. The lowest BCUT2D eigenvalue weighted by Crippen LogP contribution is -2.58. The van der Waals surface area contributed by atoms with Gasteiger partial charge in [-0.1, -0.05) is 12.1 Å². The zero-order chi connectivity index (χ0) is 12.3. The van der Waals surface area contributed by atoms with Crippen molar-refractivity contribution < 1.29 is 9.53 Å². The third-order valence-corrected chi connectivity index (χ3v) is 2.98. The Bertz CT molecular complexity index is 404. The molecule has 1 aromatic carbocycles. The standard InChI is InChI=1S/C12H17N3O2/c1-15(9-7-13-8-9)12(16)14-10-5-3-4-6-11(10)17-2/h3-6,9,13H,7-8H2,1-2H3,(H,14,16). The molecular formula is C12H17N3O2. The predicted molar refractivity (Wildman–Crippen MR) is 66.4 cm³/mol. The first-order valence-electron chi connectivity index (χ1n) is 5.60. The van der Waals surface area contributed by atoms with E-state index in [-0.39, 0.29) is 12.1 Å². The summed E-state index contributed by atoms with van der Waals surface area (Å²) >= 11 is 0. The van der Waals surface area contributed by atoms with Gasteiger partial charge in [0.15, 0.2) is 0 Å². The van der Waals surface area contributed by atoms with Crippen molar-refractivity contribution in [3.05, 3.63) is 24.3 Å². The van der Waals surface area contributed by atoms with Gasteiger partial charge in [-0.15, -0.1) is 0 Å². The number of hydrogen-bond acceptors (Lipinski definition) is 3. The van der Waals surface area contributed by atoms with Crippen LogP contribution in [0.1, 0.15) is 0 Å². The number of hydrogen-bond donors (Lipinski definition) is 2. The first kappa shape index (κ1) is 11.7. The zero-order valence-electron chi connectivity index (χ0n) is 10.1. The van der Waals surface area contributed by atoms with E-state index >= 15 is 0 Å². The number of likely N-dealkylation sites (N-methyl/N-ethyl adjacent to an activating group) is 1. The van der Waals surface area contributed by atoms with E-state index in [0.717, 1.165) is 13.1 Å². The number of benzene rings is 1. The monoisotopic (exact) mass is 235 g/mol. The van der Waals surface area contributed by atoms with Crippen LogP contribution in [-0.2, 0) is 0 Å². The second-order valence-electron chi connectivity index (χ2n) is 4.05. The van der Waals surface area contributed by atoms with Crippen LogP contribution in [-0.4, -0.2) is 44.2 Å². The van der Waals surface area contributed by atoms with E-state index < -0.39 is 0 Å². The van der Waals surface area contributed by atoms with Gasteiger partial charge < -0.3 is 20.3 Å². The van der Waals surface area contributed by atoms with Gasteiger partial charge in [0.25, 0.3) is 0 Å². The predicted octanol–water partition coefficient (Wildman–Crippen LogP) is 1.13. The molecule has 0 saturated carbocycles. The highest BCUT2D eigenvalue weighted by Gasteiger charge is 2.25. The topological polar surface area (TPSA) is 53.6 Å². The fourth-order valence-corrected chi connectivity index (χ4v) is 1.66. The molecule has 2 amide bonds. The first-order valence-corrected chi connectivity index (χ1v) is 5.60. The number of amides is 2. The number of rotatable bonds is 3. The molecule has 92 valence electrons. The van der Waals surface area contributed by atoms with Crippen molar-refractivity contribution in [2.75, 3.05) is 32.6 Å². The van der Waals surface area contributed by atoms with Crippen LogP contribution in [0.3, 0.4) is 0 Å². The molecule has 1 heterocycles. The van der Waals surface area contributed by atoms with Gasteiger partial charge >= 0.3 is 6.03 Å². The molecule has 5 heteroatoms. The number of methoxy groups -OCH3 is 1. The molecule has 2 rings (SSSR count). The van der Waals surface area contributed by atoms with Crippen molar-refractivity contribution in [2.45, 2.75) is 6.04 Å². The maximum atomic E-state index is 11.9. The Kier molecular flexibility index (Phi) is 3.49. The number of carbonyl (C=O) groups is 1. The molecule has 0 aromatic heterocycles. The smallest absolute Gasteiger partial charge is 0.322 e. The summed E-state index contributed by atoms with van der Waals surface area (Å²) < 4.78 is 5.18. The third kappa shape index (κ3) is 2.50. The summed E-state index contributed by atoms with van der Waals surface area (Å²) in [7, 11) is 3.39. The summed E-state index contributed by atoms with van der Waals surface area (Å²) in [6.07, 6.45) is 0. The van der Waals surface area contributed by atoms with Crippen molar-refractivity contribution in [3.8, 4) is 5.75 Å². The molecule has 0 radical (unpaired) electrons. The minimum Gasteiger partial charge on any atom is -0.495 e. The second kappa shape index (κ2) is 5.05. The Morgan fingerprint density at radius 1 is 1.47 bits per heavy atom. The summed E-state index contributed by atoms with van der Waals surface area (Å²) in [5.74, 6) is 0.668. The van der Waals surface area contributed by atoms with Crippen LogP contribution in [0.25, 0.3) is 0 Å². The molecule has 1 aliphatic heterocycles. The number of ether oxygens (including phenoxy) is 1. The molecule has 1 saturated heterocycles. The van der Waals surface area contributed by atoms with E-state index in [1.54, 1.807) is 19.1 Å². The van der Waals surface area contributed by atoms with Crippen molar-refractivity contribution >= 4 is 11.7 Å². The Labute approximate surface area is 101 Å². The highest BCUT2D eigenvalue weighted by atomic mass is 16.5. The summed E-state index contributed by atoms with van der Waals surface area (Å²) in [6, 6.07) is 7.55. The molecule has 0 aliphatic carbocycles. The van der Waals surface area contributed by atoms with Gasteiger partial charge in [-0.2, -0.15) is 0 Å². The summed E-state index contributed by atoms with van der Waals surface area (Å²) in [5, 5.41) is 5.98. The number of nitrogens with zero attached hydrogens (tertiary/aromatic N) is 1. The Balaban J connectivity index is 2.01. The normalized spacial score (nSPS) is 14.9. The molecule has 1 aliphatic rings. The first-order chi connectivity index (χ1) is 8.22. The number of nitrogens with one attached hydrogen (secondary N) is 2. The molecule has 0 unspecified atom stereocenters. The van der Waals surface area contributed by atoms with E-state index in [1.165, 1.54) is 0 Å². The van der Waals surface area contributed by atoms with Crippen LogP contribution in [0.5, 0.6) is 5.75 Å². The van der Waals surface area contributed by atoms with Crippen molar-refractivity contribution in [3.63, 3.8) is 0 Å². The Morgan fingerprint density at radius 3 is 2.76 bits per heavy atom. The van der Waals surface area contributed by atoms with Gasteiger partial charge in [0.05, 0.1) is 18.8 Å². The van der Waals surface area contributed by atoms with E-state index in [1.807, 2.05) is 24.3 Å². The molecule has 0 spiro atoms. The number of anilines is 1. The average molecular weight is 235 g/mol. The van der Waals surface area contributed by atoms with Crippen LogP contribution in [0, 0.1) is 0 Å². The van der Waals surface area contributed by atoms with Crippen LogP contribution in [0.2, 0.25) is 0 Å². The van der Waals surface area contributed by atoms with Crippen LogP contribution in [0.15, 0.2) is 24.3 Å². The molecule has 1 fully saturated rings. The highest BCUT2D eigenvalue weighted by Crippen LogP contribution is 2.23. The third-order valence-electron chi connectivity index (χ3n) is 2.98. The molecule has 0 bridgehead atoms. The fourth-order valence-electron chi connectivity index (χ4n) is 1.66. The van der Waals surface area contributed by atoms with Gasteiger partial charge in [0.2, 0.25) is 0 Å². The van der Waals surface area contributed by atoms with E-state index in [9.17, 15) is 4.79 Å². The highest BCUT2D eigenvalue weighted by molar-refractivity contribution is 5.91. The number of para-hydroxylation sites is 2. The molecule has 17 heavy (non-hydrogen) atoms. The van der Waals surface area contributed by atoms with Gasteiger partial charge in [0.1, 0.15) is 5.75 Å². The summed E-state index contributed by atoms with van der Waals surface area (Å²) in [5.41, 5.74) is 0.694. The minimum absolute atomic E-state index is 0.110. The van der Waals surface area contributed by atoms with Crippen molar-refractivity contribution in [1.29, 1.82) is 0 Å². The second-order valence-corrected chi connectivity index (χ2v) is 4.05. The Hall–Kier alpha value is -1.75. The fraction of sp³-hybridized carbons (Fsp3) is 0.417. The quantitative estimate of drug-likeness (QED) is 0.825. The zero-order valence-corrected chi connectivity index (χ0v) is 10.1. The van der Waals surface area contributed by atoms with Gasteiger partial charge in [-0.05, 0) is 12.1 Å². The molecular weight excluding hydrogens is 218 g/mol. The molecule has 0 atom stereocenters. The van der Waals surface area contributed by atoms with Gasteiger partial charge in [-0.25, -0.2) is 4.79 Å². The lowest BCUT2D eigenvalue weighted by atomic mass is 10.1. The minimum atomic E-state index is -0.110. The molecule has 5 nitrogen and oxygen atoms in total. The van der Waals surface area contributed by atoms with Crippen LogP contribution in [0.4, 0.5) is 10.5 Å². The Morgan fingerprint density at radius 2 is 2.18 bits per heavy atom. The van der Waals surface area contributed by atoms with E-state index in [0.29, 0.717) is 11.4 Å². The number of carbonyl (C=O) groups excluding carboxylic acids is 1. The van der Waals surface area contributed by atoms with Crippen molar-refractivity contribution in [2.24, 2.45) is 0 Å². The summed E-state index contributed by atoms with van der Waals surface area (Å²) in [6.45, 7) is 1.71. The van der Waals surface area contributed by atoms with E-state index in [2.05, 4.69) is 10.6 Å². The van der Waals surface area contributed by atoms with Crippen molar-refractivity contribution in [1.82, 2.24) is 10.2 Å². The average Bonchev–Trinajstić information content (AvgIpc) is 2.27.